The standard InChI is InChI=1S/C17H16IN3O3S/c1-24-17-7-6-14(10-15(17)18)25(22,23)20-11-13-4-2-3-5-16(13)21-9-8-19-12-21/h2-10,12,20H,11H2,1H3. The smallest absolute Gasteiger partial charge is 0.240 e. The molecule has 1 N–H and O–H groups in total. The molecule has 0 radical (unpaired) electrons. The van der Waals surface area contributed by atoms with Gasteiger partial charge < -0.3 is 9.30 Å². The van der Waals surface area contributed by atoms with Crippen molar-refractivity contribution >= 4 is 32.6 Å². The molecule has 25 heavy (non-hydrogen) atoms. The van der Waals surface area contributed by atoms with Gasteiger partial charge in [0.2, 0.25) is 10.0 Å². The van der Waals surface area contributed by atoms with Crippen LogP contribution in [0.1, 0.15) is 5.56 Å². The molecule has 8 heteroatoms. The van der Waals surface area contributed by atoms with Crippen LogP contribution < -0.4 is 9.46 Å². The van der Waals surface area contributed by atoms with Gasteiger partial charge in [-0.05, 0) is 52.4 Å². The van der Waals surface area contributed by atoms with Crippen molar-refractivity contribution in [1.82, 2.24) is 14.3 Å². The minimum atomic E-state index is -3.63. The van der Waals surface area contributed by atoms with E-state index < -0.39 is 10.0 Å². The van der Waals surface area contributed by atoms with Crippen LogP contribution >= 0.6 is 22.6 Å². The zero-order valence-electron chi connectivity index (χ0n) is 13.4. The minimum Gasteiger partial charge on any atom is -0.496 e. The highest BCUT2D eigenvalue weighted by Crippen LogP contribution is 2.24. The maximum Gasteiger partial charge on any atom is 0.240 e. The maximum atomic E-state index is 12.6. The van der Waals surface area contributed by atoms with E-state index in [1.54, 1.807) is 31.8 Å². The Labute approximate surface area is 160 Å². The van der Waals surface area contributed by atoms with Crippen molar-refractivity contribution in [3.05, 3.63) is 70.3 Å². The van der Waals surface area contributed by atoms with Gasteiger partial charge in [-0.15, -0.1) is 0 Å². The molecule has 0 saturated heterocycles. The lowest BCUT2D eigenvalue weighted by Crippen LogP contribution is -2.24. The van der Waals surface area contributed by atoms with E-state index in [1.165, 1.54) is 6.07 Å². The molecule has 0 aliphatic rings. The first-order valence-corrected chi connectivity index (χ1v) is 9.97. The maximum absolute atomic E-state index is 12.6. The van der Waals surface area contributed by atoms with Crippen LogP contribution in [0.3, 0.4) is 0 Å². The van der Waals surface area contributed by atoms with Crippen LogP contribution in [0.25, 0.3) is 5.69 Å². The van der Waals surface area contributed by atoms with Crippen molar-refractivity contribution < 1.29 is 13.2 Å². The number of halogens is 1. The molecule has 0 atom stereocenters. The van der Waals surface area contributed by atoms with Crippen molar-refractivity contribution in [2.45, 2.75) is 11.4 Å². The average Bonchev–Trinajstić information content (AvgIpc) is 3.14. The largest absolute Gasteiger partial charge is 0.496 e. The molecule has 0 bridgehead atoms. The molecule has 0 unspecified atom stereocenters. The number of aromatic nitrogens is 2. The quantitative estimate of drug-likeness (QED) is 0.564. The Bertz CT molecular complexity index is 973. The highest BCUT2D eigenvalue weighted by Gasteiger charge is 2.16. The third-order valence-corrected chi connectivity index (χ3v) is 5.90. The second kappa shape index (κ2) is 7.54. The summed E-state index contributed by atoms with van der Waals surface area (Å²) < 4.78 is 35.6. The van der Waals surface area contributed by atoms with E-state index in [0.717, 1.165) is 14.8 Å². The van der Waals surface area contributed by atoms with Crippen molar-refractivity contribution in [1.29, 1.82) is 0 Å². The van der Waals surface area contributed by atoms with Crippen LogP contribution in [0, 0.1) is 3.57 Å². The van der Waals surface area contributed by atoms with Gasteiger partial charge >= 0.3 is 0 Å². The Hall–Kier alpha value is -1.91. The molecule has 0 aliphatic carbocycles. The van der Waals surface area contributed by atoms with Gasteiger partial charge in [0.25, 0.3) is 0 Å². The molecular weight excluding hydrogens is 453 g/mol. The molecule has 0 amide bonds. The lowest BCUT2D eigenvalue weighted by atomic mass is 10.2. The number of nitrogens with zero attached hydrogens (tertiary/aromatic N) is 2. The molecule has 130 valence electrons. The van der Waals surface area contributed by atoms with Crippen LogP contribution in [-0.2, 0) is 16.6 Å². The minimum absolute atomic E-state index is 0.180. The van der Waals surface area contributed by atoms with E-state index in [2.05, 4.69) is 32.3 Å². The molecule has 0 saturated carbocycles. The monoisotopic (exact) mass is 469 g/mol. The lowest BCUT2D eigenvalue weighted by molar-refractivity contribution is 0.411. The number of nitrogens with one attached hydrogen (secondary N) is 1. The van der Waals surface area contributed by atoms with E-state index in [-0.39, 0.29) is 11.4 Å². The number of imidazole rings is 1. The summed E-state index contributed by atoms with van der Waals surface area (Å²) in [6.07, 6.45) is 5.18. The predicted molar refractivity (Wildman–Crippen MR) is 103 cm³/mol. The number of para-hydroxylation sites is 1. The molecular formula is C17H16IN3O3S. The van der Waals surface area contributed by atoms with E-state index in [9.17, 15) is 8.42 Å². The summed E-state index contributed by atoms with van der Waals surface area (Å²) in [5.74, 6) is 0.644. The van der Waals surface area contributed by atoms with Crippen LogP contribution in [0.4, 0.5) is 0 Å². The van der Waals surface area contributed by atoms with E-state index >= 15 is 0 Å². The molecule has 0 aliphatic heterocycles. The van der Waals surface area contributed by atoms with Gasteiger partial charge in [-0.1, -0.05) is 18.2 Å². The molecule has 3 aromatic rings. The van der Waals surface area contributed by atoms with Crippen molar-refractivity contribution in [3.8, 4) is 11.4 Å². The molecule has 2 aromatic carbocycles. The van der Waals surface area contributed by atoms with E-state index in [1.807, 2.05) is 35.0 Å². The summed E-state index contributed by atoms with van der Waals surface area (Å²) in [5.41, 5.74) is 1.74. The summed E-state index contributed by atoms with van der Waals surface area (Å²) in [7, 11) is -2.07. The van der Waals surface area contributed by atoms with Crippen molar-refractivity contribution in [2.75, 3.05) is 7.11 Å². The van der Waals surface area contributed by atoms with Crippen LogP contribution in [0.15, 0.2) is 66.1 Å². The zero-order valence-corrected chi connectivity index (χ0v) is 16.4. The number of sulfonamides is 1. The molecule has 3 rings (SSSR count). The summed E-state index contributed by atoms with van der Waals surface area (Å²) in [4.78, 5) is 4.24. The van der Waals surface area contributed by atoms with Gasteiger partial charge in [-0.25, -0.2) is 18.1 Å². The number of hydrogen-bond acceptors (Lipinski definition) is 4. The molecule has 0 spiro atoms. The molecule has 1 aromatic heterocycles. The second-order valence-electron chi connectivity index (χ2n) is 5.22. The first-order valence-electron chi connectivity index (χ1n) is 7.41. The fourth-order valence-electron chi connectivity index (χ4n) is 2.38. The summed E-state index contributed by atoms with van der Waals surface area (Å²) in [6.45, 7) is 0.180. The number of ether oxygens (including phenoxy) is 1. The molecule has 0 fully saturated rings. The Balaban J connectivity index is 1.83. The average molecular weight is 469 g/mol. The topological polar surface area (TPSA) is 73.2 Å². The van der Waals surface area contributed by atoms with Gasteiger partial charge in [-0.2, -0.15) is 0 Å². The second-order valence-corrected chi connectivity index (χ2v) is 8.15. The zero-order chi connectivity index (χ0) is 17.9. The van der Waals surface area contributed by atoms with E-state index in [4.69, 9.17) is 4.74 Å². The fraction of sp³-hybridized carbons (Fsp3) is 0.118. The number of rotatable bonds is 6. The third kappa shape index (κ3) is 4.02. The third-order valence-electron chi connectivity index (χ3n) is 3.66. The fourth-order valence-corrected chi connectivity index (χ4v) is 4.36. The van der Waals surface area contributed by atoms with Gasteiger partial charge in [0.1, 0.15) is 5.75 Å². The highest BCUT2D eigenvalue weighted by molar-refractivity contribution is 14.1. The number of benzene rings is 2. The predicted octanol–water partition coefficient (Wildman–Crippen LogP) is 2.96. The summed E-state index contributed by atoms with van der Waals surface area (Å²) >= 11 is 2.05. The number of methoxy groups -OCH3 is 1. The summed E-state index contributed by atoms with van der Waals surface area (Å²) in [6, 6.07) is 12.3. The lowest BCUT2D eigenvalue weighted by Gasteiger charge is -2.12. The normalized spacial score (nSPS) is 11.4. The first kappa shape index (κ1) is 17.9. The van der Waals surface area contributed by atoms with E-state index in [0.29, 0.717) is 5.75 Å². The summed E-state index contributed by atoms with van der Waals surface area (Å²) in [5, 5.41) is 0. The van der Waals surface area contributed by atoms with Crippen LogP contribution in [0.5, 0.6) is 5.75 Å². The number of hydrogen-bond donors (Lipinski definition) is 1. The van der Waals surface area contributed by atoms with Crippen LogP contribution in [-0.4, -0.2) is 25.1 Å². The van der Waals surface area contributed by atoms with Crippen molar-refractivity contribution in [3.63, 3.8) is 0 Å². The molecule has 1 heterocycles. The SMILES string of the molecule is COc1ccc(S(=O)(=O)NCc2ccccc2-n2ccnc2)cc1I. The van der Waals surface area contributed by atoms with Crippen molar-refractivity contribution in [2.24, 2.45) is 0 Å². The van der Waals surface area contributed by atoms with Crippen LogP contribution in [0.2, 0.25) is 0 Å². The Morgan fingerprint density at radius 1 is 1.24 bits per heavy atom. The van der Waals surface area contributed by atoms with Gasteiger partial charge in [0.15, 0.2) is 0 Å². The van der Waals surface area contributed by atoms with Gasteiger partial charge in [-0.3, -0.25) is 0 Å². The Kier molecular flexibility index (Phi) is 5.40. The molecule has 6 nitrogen and oxygen atoms in total. The Morgan fingerprint density at radius 2 is 2.04 bits per heavy atom. The first-order chi connectivity index (χ1) is 12.0. The van der Waals surface area contributed by atoms with Gasteiger partial charge in [0, 0.05) is 18.9 Å². The Morgan fingerprint density at radius 3 is 2.72 bits per heavy atom. The highest BCUT2D eigenvalue weighted by atomic mass is 127. The van der Waals surface area contributed by atoms with Gasteiger partial charge in [0.05, 0.1) is 27.6 Å².